The monoisotopic (exact) mass is 276 g/mol. The van der Waals surface area contributed by atoms with Crippen LogP contribution in [0.2, 0.25) is 0 Å². The number of rotatable bonds is 4. The molecule has 0 aliphatic heterocycles. The zero-order chi connectivity index (χ0) is 14.4. The molecule has 0 unspecified atom stereocenters. The Kier molecular flexibility index (Phi) is 4.98. The number of benzene rings is 1. The Hall–Kier alpha value is -2.04. The maximum atomic E-state index is 11.7. The summed E-state index contributed by atoms with van der Waals surface area (Å²) >= 11 is 0. The maximum absolute atomic E-state index is 11.7. The summed E-state index contributed by atoms with van der Waals surface area (Å²) in [7, 11) is 0. The van der Waals surface area contributed by atoms with Gasteiger partial charge >= 0.3 is 0 Å². The molecule has 108 valence electrons. The molecular formula is C15H20N2O3. The normalized spacial score (nSPS) is 14.8. The van der Waals surface area contributed by atoms with Crippen molar-refractivity contribution in [1.29, 1.82) is 0 Å². The minimum atomic E-state index is -0.361. The molecule has 2 rings (SSSR count). The van der Waals surface area contributed by atoms with Crippen LogP contribution < -0.4 is 15.6 Å². The highest BCUT2D eigenvalue weighted by Gasteiger charge is 2.22. The summed E-state index contributed by atoms with van der Waals surface area (Å²) in [6, 6.07) is 7.47. The van der Waals surface area contributed by atoms with Gasteiger partial charge in [-0.1, -0.05) is 31.0 Å². The van der Waals surface area contributed by atoms with E-state index in [1.807, 2.05) is 25.1 Å². The molecule has 20 heavy (non-hydrogen) atoms. The van der Waals surface area contributed by atoms with E-state index in [9.17, 15) is 9.59 Å². The molecule has 1 aromatic carbocycles. The average Bonchev–Trinajstić information content (AvgIpc) is 2.98. The highest BCUT2D eigenvalue weighted by Crippen LogP contribution is 2.24. The zero-order valence-corrected chi connectivity index (χ0v) is 11.6. The van der Waals surface area contributed by atoms with Crippen LogP contribution in [0.15, 0.2) is 24.3 Å². The van der Waals surface area contributed by atoms with Gasteiger partial charge in [0.15, 0.2) is 6.61 Å². The van der Waals surface area contributed by atoms with Gasteiger partial charge in [-0.2, -0.15) is 0 Å². The van der Waals surface area contributed by atoms with Gasteiger partial charge in [0.05, 0.1) is 0 Å². The average molecular weight is 276 g/mol. The van der Waals surface area contributed by atoms with Crippen molar-refractivity contribution in [2.24, 2.45) is 5.92 Å². The molecule has 5 nitrogen and oxygen atoms in total. The lowest BCUT2D eigenvalue weighted by molar-refractivity contribution is -0.132. The Labute approximate surface area is 118 Å². The van der Waals surface area contributed by atoms with Crippen LogP contribution in [-0.2, 0) is 9.59 Å². The van der Waals surface area contributed by atoms with Crippen molar-refractivity contribution in [1.82, 2.24) is 10.9 Å². The fourth-order valence-corrected chi connectivity index (χ4v) is 2.32. The van der Waals surface area contributed by atoms with Crippen molar-refractivity contribution < 1.29 is 14.3 Å². The standard InChI is InChI=1S/C15H20N2O3/c1-11-6-2-5-9-13(11)20-10-14(18)16-17-15(19)12-7-3-4-8-12/h2,5-6,9,12H,3-4,7-8,10H2,1H3,(H,16,18)(H,17,19). The van der Waals surface area contributed by atoms with Crippen molar-refractivity contribution in [3.05, 3.63) is 29.8 Å². The predicted octanol–water partition coefficient (Wildman–Crippen LogP) is 1.71. The van der Waals surface area contributed by atoms with E-state index in [2.05, 4.69) is 10.9 Å². The largest absolute Gasteiger partial charge is 0.483 e. The van der Waals surface area contributed by atoms with Gasteiger partial charge in [-0.05, 0) is 31.4 Å². The molecule has 2 amide bonds. The van der Waals surface area contributed by atoms with Gasteiger partial charge < -0.3 is 4.74 Å². The molecule has 0 saturated heterocycles. The molecule has 1 aromatic rings. The van der Waals surface area contributed by atoms with E-state index >= 15 is 0 Å². The predicted molar refractivity (Wildman–Crippen MR) is 74.9 cm³/mol. The quantitative estimate of drug-likeness (QED) is 0.823. The molecule has 0 radical (unpaired) electrons. The highest BCUT2D eigenvalue weighted by atomic mass is 16.5. The van der Waals surface area contributed by atoms with Gasteiger partial charge in [0.2, 0.25) is 5.91 Å². The molecule has 1 fully saturated rings. The fraction of sp³-hybridized carbons (Fsp3) is 0.467. The summed E-state index contributed by atoms with van der Waals surface area (Å²) in [5.41, 5.74) is 5.81. The van der Waals surface area contributed by atoms with Gasteiger partial charge in [0, 0.05) is 5.92 Å². The second-order valence-corrected chi connectivity index (χ2v) is 5.07. The van der Waals surface area contributed by atoms with Crippen LogP contribution in [0.3, 0.4) is 0 Å². The van der Waals surface area contributed by atoms with Crippen LogP contribution in [0.1, 0.15) is 31.2 Å². The molecule has 0 aromatic heterocycles. The van der Waals surface area contributed by atoms with Crippen molar-refractivity contribution in [3.63, 3.8) is 0 Å². The summed E-state index contributed by atoms with van der Waals surface area (Å²) in [5.74, 6) is 0.240. The summed E-state index contributed by atoms with van der Waals surface area (Å²) < 4.78 is 5.39. The molecule has 0 heterocycles. The lowest BCUT2D eigenvalue weighted by Gasteiger charge is -2.12. The number of carbonyl (C=O) groups excluding carboxylic acids is 2. The van der Waals surface area contributed by atoms with Crippen LogP contribution >= 0.6 is 0 Å². The van der Waals surface area contributed by atoms with Crippen LogP contribution in [0, 0.1) is 12.8 Å². The number of aryl methyl sites for hydroxylation is 1. The Morgan fingerprint density at radius 2 is 1.90 bits per heavy atom. The Morgan fingerprint density at radius 1 is 1.20 bits per heavy atom. The highest BCUT2D eigenvalue weighted by molar-refractivity contribution is 5.84. The van der Waals surface area contributed by atoms with E-state index < -0.39 is 0 Å². The van der Waals surface area contributed by atoms with E-state index in [1.54, 1.807) is 6.07 Å². The SMILES string of the molecule is Cc1ccccc1OCC(=O)NNC(=O)C1CCCC1. The van der Waals surface area contributed by atoms with Crippen molar-refractivity contribution >= 4 is 11.8 Å². The number of nitrogens with one attached hydrogen (secondary N) is 2. The first-order chi connectivity index (χ1) is 9.66. The Bertz CT molecular complexity index is 482. The molecule has 2 N–H and O–H groups in total. The van der Waals surface area contributed by atoms with Gasteiger partial charge in [0.25, 0.3) is 5.91 Å². The minimum absolute atomic E-state index is 0.0348. The van der Waals surface area contributed by atoms with E-state index in [1.165, 1.54) is 0 Å². The molecular weight excluding hydrogens is 256 g/mol. The van der Waals surface area contributed by atoms with Crippen LogP contribution in [0.5, 0.6) is 5.75 Å². The summed E-state index contributed by atoms with van der Waals surface area (Å²) in [6.45, 7) is 1.80. The number of hydrogen-bond acceptors (Lipinski definition) is 3. The summed E-state index contributed by atoms with van der Waals surface area (Å²) in [5, 5.41) is 0. The number of para-hydroxylation sites is 1. The molecule has 1 aliphatic rings. The first-order valence-corrected chi connectivity index (χ1v) is 6.94. The van der Waals surface area contributed by atoms with Gasteiger partial charge in [0.1, 0.15) is 5.75 Å². The number of hydrazine groups is 1. The van der Waals surface area contributed by atoms with Crippen LogP contribution in [-0.4, -0.2) is 18.4 Å². The third-order valence-electron chi connectivity index (χ3n) is 3.50. The second kappa shape index (κ2) is 6.93. The molecule has 1 saturated carbocycles. The number of carbonyl (C=O) groups is 2. The van der Waals surface area contributed by atoms with E-state index in [4.69, 9.17) is 4.74 Å². The van der Waals surface area contributed by atoms with Crippen molar-refractivity contribution in [3.8, 4) is 5.75 Å². The first kappa shape index (κ1) is 14.4. The molecule has 0 bridgehead atoms. The number of hydrogen-bond donors (Lipinski definition) is 2. The number of ether oxygens (including phenoxy) is 1. The van der Waals surface area contributed by atoms with E-state index in [-0.39, 0.29) is 24.3 Å². The third kappa shape index (κ3) is 3.98. The third-order valence-corrected chi connectivity index (χ3v) is 3.50. The topological polar surface area (TPSA) is 67.4 Å². The van der Waals surface area contributed by atoms with Crippen molar-refractivity contribution in [2.45, 2.75) is 32.6 Å². The lowest BCUT2D eigenvalue weighted by atomic mass is 10.1. The Morgan fingerprint density at radius 3 is 2.60 bits per heavy atom. The summed E-state index contributed by atoms with van der Waals surface area (Å²) in [6.07, 6.45) is 3.98. The van der Waals surface area contributed by atoms with E-state index in [0.29, 0.717) is 5.75 Å². The molecule has 0 spiro atoms. The van der Waals surface area contributed by atoms with Crippen LogP contribution in [0.25, 0.3) is 0 Å². The zero-order valence-electron chi connectivity index (χ0n) is 11.6. The molecule has 1 aliphatic carbocycles. The van der Waals surface area contributed by atoms with Crippen molar-refractivity contribution in [2.75, 3.05) is 6.61 Å². The van der Waals surface area contributed by atoms with Crippen LogP contribution in [0.4, 0.5) is 0 Å². The van der Waals surface area contributed by atoms with E-state index in [0.717, 1.165) is 31.2 Å². The smallest absolute Gasteiger partial charge is 0.276 e. The minimum Gasteiger partial charge on any atom is -0.483 e. The fourth-order valence-electron chi connectivity index (χ4n) is 2.32. The summed E-state index contributed by atoms with van der Waals surface area (Å²) in [4.78, 5) is 23.3. The Balaban J connectivity index is 1.70. The maximum Gasteiger partial charge on any atom is 0.276 e. The number of amides is 2. The van der Waals surface area contributed by atoms with Gasteiger partial charge in [-0.25, -0.2) is 0 Å². The molecule has 5 heteroatoms. The first-order valence-electron chi connectivity index (χ1n) is 6.94. The lowest BCUT2D eigenvalue weighted by Crippen LogP contribution is -2.45. The molecule has 0 atom stereocenters. The second-order valence-electron chi connectivity index (χ2n) is 5.07. The van der Waals surface area contributed by atoms with Gasteiger partial charge in [-0.15, -0.1) is 0 Å². The van der Waals surface area contributed by atoms with Gasteiger partial charge in [-0.3, -0.25) is 20.4 Å².